The van der Waals surface area contributed by atoms with Crippen LogP contribution in [0.2, 0.25) is 0 Å². The molecule has 2 unspecified atom stereocenters. The van der Waals surface area contributed by atoms with E-state index in [1.807, 2.05) is 6.92 Å². The zero-order chi connectivity index (χ0) is 14.0. The molecule has 0 radical (unpaired) electrons. The number of rotatable bonds is 3. The van der Waals surface area contributed by atoms with Crippen LogP contribution in [0.4, 0.5) is 5.88 Å². The zero-order valence-electron chi connectivity index (χ0n) is 10.2. The zero-order valence-corrected chi connectivity index (χ0v) is 11.8. The maximum Gasteiger partial charge on any atom is 0.433 e. The third-order valence-corrected chi connectivity index (χ3v) is 3.64. The SMILES string of the molecule is CC1COC(CBr)CN1C(=O)c1ccc([N+](=O)[O-])o1. The summed E-state index contributed by atoms with van der Waals surface area (Å²) in [6, 6.07) is 2.42. The maximum atomic E-state index is 12.2. The van der Waals surface area contributed by atoms with Gasteiger partial charge in [-0.05, 0) is 13.0 Å². The molecule has 1 aromatic heterocycles. The molecule has 8 heteroatoms. The molecule has 1 aromatic rings. The van der Waals surface area contributed by atoms with Crippen molar-refractivity contribution in [2.75, 3.05) is 18.5 Å². The van der Waals surface area contributed by atoms with E-state index in [1.54, 1.807) is 4.90 Å². The highest BCUT2D eigenvalue weighted by atomic mass is 79.9. The molecule has 7 nitrogen and oxygen atoms in total. The molecular weight excluding hydrogens is 320 g/mol. The molecule has 2 rings (SSSR count). The van der Waals surface area contributed by atoms with Crippen LogP contribution in [0.25, 0.3) is 0 Å². The van der Waals surface area contributed by atoms with Gasteiger partial charge in [0.2, 0.25) is 0 Å². The number of halogens is 1. The van der Waals surface area contributed by atoms with E-state index in [2.05, 4.69) is 15.9 Å². The van der Waals surface area contributed by atoms with Gasteiger partial charge < -0.3 is 14.1 Å². The minimum atomic E-state index is -0.666. The van der Waals surface area contributed by atoms with E-state index < -0.39 is 10.8 Å². The fourth-order valence-electron chi connectivity index (χ4n) is 1.88. The van der Waals surface area contributed by atoms with Crippen LogP contribution in [0.15, 0.2) is 16.5 Å². The third kappa shape index (κ3) is 2.95. The quantitative estimate of drug-likeness (QED) is 0.478. The Morgan fingerprint density at radius 2 is 2.37 bits per heavy atom. The lowest BCUT2D eigenvalue weighted by Gasteiger charge is -2.36. The molecule has 0 bridgehead atoms. The van der Waals surface area contributed by atoms with Crippen LogP contribution in [-0.2, 0) is 4.74 Å². The number of nitrogens with zero attached hydrogens (tertiary/aromatic N) is 2. The number of nitro groups is 1. The second-order valence-electron chi connectivity index (χ2n) is 4.31. The van der Waals surface area contributed by atoms with Crippen LogP contribution in [0.1, 0.15) is 17.5 Å². The number of alkyl halides is 1. The molecule has 1 aliphatic heterocycles. The van der Waals surface area contributed by atoms with E-state index in [9.17, 15) is 14.9 Å². The molecule has 1 saturated heterocycles. The van der Waals surface area contributed by atoms with Crippen molar-refractivity contribution < 1.29 is 18.9 Å². The van der Waals surface area contributed by atoms with E-state index in [4.69, 9.17) is 9.15 Å². The molecular formula is C11H13BrN2O5. The fourth-order valence-corrected chi connectivity index (χ4v) is 2.27. The van der Waals surface area contributed by atoms with Crippen molar-refractivity contribution in [3.8, 4) is 0 Å². The van der Waals surface area contributed by atoms with Gasteiger partial charge in [0.25, 0.3) is 5.91 Å². The molecule has 104 valence electrons. The monoisotopic (exact) mass is 332 g/mol. The minimum Gasteiger partial charge on any atom is -0.395 e. The lowest BCUT2D eigenvalue weighted by atomic mass is 10.2. The predicted octanol–water partition coefficient (Wildman–Crippen LogP) is 1.81. The maximum absolute atomic E-state index is 12.2. The number of amides is 1. The highest BCUT2D eigenvalue weighted by Crippen LogP contribution is 2.21. The first-order valence-electron chi connectivity index (χ1n) is 5.75. The van der Waals surface area contributed by atoms with E-state index in [-0.39, 0.29) is 23.8 Å². The van der Waals surface area contributed by atoms with Crippen LogP contribution in [0.5, 0.6) is 0 Å². The summed E-state index contributed by atoms with van der Waals surface area (Å²) >= 11 is 3.31. The van der Waals surface area contributed by atoms with Gasteiger partial charge in [-0.25, -0.2) is 0 Å². The van der Waals surface area contributed by atoms with E-state index >= 15 is 0 Å². The van der Waals surface area contributed by atoms with Crippen LogP contribution < -0.4 is 0 Å². The van der Waals surface area contributed by atoms with Crippen LogP contribution >= 0.6 is 15.9 Å². The molecule has 0 aliphatic carbocycles. The molecule has 1 amide bonds. The molecule has 0 aromatic carbocycles. The number of furan rings is 1. The van der Waals surface area contributed by atoms with Crippen LogP contribution in [0.3, 0.4) is 0 Å². The molecule has 1 fully saturated rings. The fraction of sp³-hybridized carbons (Fsp3) is 0.545. The Balaban J connectivity index is 2.14. The predicted molar refractivity (Wildman–Crippen MR) is 69.4 cm³/mol. The van der Waals surface area contributed by atoms with Gasteiger partial charge in [0.15, 0.2) is 5.76 Å². The van der Waals surface area contributed by atoms with Gasteiger partial charge in [0, 0.05) is 11.9 Å². The van der Waals surface area contributed by atoms with Gasteiger partial charge in [0.1, 0.15) is 4.92 Å². The summed E-state index contributed by atoms with van der Waals surface area (Å²) in [7, 11) is 0. The van der Waals surface area contributed by atoms with Crippen molar-refractivity contribution >= 4 is 27.7 Å². The van der Waals surface area contributed by atoms with Crippen molar-refractivity contribution in [3.63, 3.8) is 0 Å². The summed E-state index contributed by atoms with van der Waals surface area (Å²) in [6.07, 6.45) is -0.0786. The Kier molecular flexibility index (Phi) is 4.20. The first kappa shape index (κ1) is 14.0. The van der Waals surface area contributed by atoms with Crippen molar-refractivity contribution in [3.05, 3.63) is 28.0 Å². The summed E-state index contributed by atoms with van der Waals surface area (Å²) in [5.41, 5.74) is 0. The lowest BCUT2D eigenvalue weighted by Crippen LogP contribution is -2.51. The van der Waals surface area contributed by atoms with Gasteiger partial charge in [-0.3, -0.25) is 14.9 Å². The smallest absolute Gasteiger partial charge is 0.395 e. The average molecular weight is 333 g/mol. The van der Waals surface area contributed by atoms with Crippen LogP contribution in [-0.4, -0.2) is 46.4 Å². The van der Waals surface area contributed by atoms with Gasteiger partial charge in [-0.15, -0.1) is 0 Å². The minimum absolute atomic E-state index is 0.0197. The highest BCUT2D eigenvalue weighted by molar-refractivity contribution is 9.09. The van der Waals surface area contributed by atoms with Crippen molar-refractivity contribution in [2.45, 2.75) is 19.1 Å². The summed E-state index contributed by atoms with van der Waals surface area (Å²) in [4.78, 5) is 23.7. The molecule has 2 atom stereocenters. The molecule has 19 heavy (non-hydrogen) atoms. The number of ether oxygens (including phenoxy) is 1. The Labute approximate surface area is 117 Å². The molecule has 0 spiro atoms. The van der Waals surface area contributed by atoms with Gasteiger partial charge in [0.05, 0.1) is 24.8 Å². The molecule has 2 heterocycles. The third-order valence-electron chi connectivity index (χ3n) is 2.92. The highest BCUT2D eigenvalue weighted by Gasteiger charge is 2.32. The molecule has 0 saturated carbocycles. The second kappa shape index (κ2) is 5.70. The summed E-state index contributed by atoms with van der Waals surface area (Å²) in [5.74, 6) is -0.801. The van der Waals surface area contributed by atoms with Crippen LogP contribution in [0, 0.1) is 10.1 Å². The Bertz CT molecular complexity index is 489. The Hall–Kier alpha value is -1.41. The van der Waals surface area contributed by atoms with E-state index in [1.165, 1.54) is 12.1 Å². The number of carbonyl (C=O) groups excluding carboxylic acids is 1. The largest absolute Gasteiger partial charge is 0.433 e. The normalized spacial score (nSPS) is 23.4. The van der Waals surface area contributed by atoms with Crippen molar-refractivity contribution in [1.29, 1.82) is 0 Å². The van der Waals surface area contributed by atoms with Crippen molar-refractivity contribution in [2.24, 2.45) is 0 Å². The Morgan fingerprint density at radius 3 is 2.95 bits per heavy atom. The first-order valence-corrected chi connectivity index (χ1v) is 6.88. The number of carbonyl (C=O) groups is 1. The standard InChI is InChI=1S/C11H13BrN2O5/c1-7-6-18-8(4-12)5-13(7)11(15)9-2-3-10(19-9)14(16)17/h2-3,7-8H,4-6H2,1H3. The van der Waals surface area contributed by atoms with Gasteiger partial charge in [-0.2, -0.15) is 0 Å². The van der Waals surface area contributed by atoms with E-state index in [0.29, 0.717) is 18.5 Å². The van der Waals surface area contributed by atoms with Gasteiger partial charge >= 0.3 is 5.88 Å². The Morgan fingerprint density at radius 1 is 1.63 bits per heavy atom. The first-order chi connectivity index (χ1) is 9.02. The molecule has 0 N–H and O–H groups in total. The molecule has 1 aliphatic rings. The number of hydrogen-bond donors (Lipinski definition) is 0. The summed E-state index contributed by atoms with van der Waals surface area (Å²) < 4.78 is 10.5. The van der Waals surface area contributed by atoms with E-state index in [0.717, 1.165) is 0 Å². The lowest BCUT2D eigenvalue weighted by molar-refractivity contribution is -0.402. The second-order valence-corrected chi connectivity index (χ2v) is 4.96. The average Bonchev–Trinajstić information content (AvgIpc) is 2.88. The van der Waals surface area contributed by atoms with Gasteiger partial charge in [-0.1, -0.05) is 15.9 Å². The topological polar surface area (TPSA) is 85.8 Å². The summed E-state index contributed by atoms with van der Waals surface area (Å²) in [5, 5.41) is 11.2. The van der Waals surface area contributed by atoms with Crippen molar-refractivity contribution in [1.82, 2.24) is 4.90 Å². The summed E-state index contributed by atoms with van der Waals surface area (Å²) in [6.45, 7) is 2.73. The number of hydrogen-bond acceptors (Lipinski definition) is 5. The number of morpholine rings is 1.